The van der Waals surface area contributed by atoms with Crippen LogP contribution in [0.25, 0.3) is 0 Å². The molecule has 0 aliphatic heterocycles. The van der Waals surface area contributed by atoms with Crippen molar-refractivity contribution in [2.24, 2.45) is 5.92 Å². The molecule has 0 fully saturated rings. The number of hydrogen-bond acceptors (Lipinski definition) is 3. The maximum atomic E-state index is 10.4. The molecule has 4 heteroatoms. The molecule has 0 aromatic heterocycles. The fourth-order valence-corrected chi connectivity index (χ4v) is 1.76. The van der Waals surface area contributed by atoms with Gasteiger partial charge in [0.1, 0.15) is 6.10 Å². The van der Waals surface area contributed by atoms with Crippen molar-refractivity contribution in [2.75, 3.05) is 11.5 Å². The lowest BCUT2D eigenvalue weighted by Gasteiger charge is -2.18. The summed E-state index contributed by atoms with van der Waals surface area (Å²) in [6.45, 7) is 7.54. The molecule has 0 saturated carbocycles. The van der Waals surface area contributed by atoms with Crippen molar-refractivity contribution in [1.29, 1.82) is 0 Å². The van der Waals surface area contributed by atoms with Gasteiger partial charge < -0.3 is 9.84 Å². The van der Waals surface area contributed by atoms with Gasteiger partial charge in [-0.05, 0) is 18.1 Å². The van der Waals surface area contributed by atoms with Crippen LogP contribution < -0.4 is 0 Å². The van der Waals surface area contributed by atoms with E-state index in [2.05, 4.69) is 6.58 Å². The highest BCUT2D eigenvalue weighted by atomic mass is 32.2. The average molecular weight is 218 g/mol. The zero-order chi connectivity index (χ0) is 11.0. The summed E-state index contributed by atoms with van der Waals surface area (Å²) in [5.41, 5.74) is 0. The summed E-state index contributed by atoms with van der Waals surface area (Å²) in [7, 11) is 0. The summed E-state index contributed by atoms with van der Waals surface area (Å²) >= 11 is 1.74. The van der Waals surface area contributed by atoms with Crippen LogP contribution in [0.3, 0.4) is 0 Å². The fraction of sp³-hybridized carbons (Fsp3) is 0.700. The van der Waals surface area contributed by atoms with Crippen molar-refractivity contribution in [3.05, 3.63) is 12.7 Å². The molecule has 0 aliphatic rings. The molecule has 0 saturated heterocycles. The smallest absolute Gasteiger partial charge is 0.450 e. The first-order chi connectivity index (χ1) is 6.57. The molecule has 0 spiro atoms. The van der Waals surface area contributed by atoms with Crippen LogP contribution in [-0.2, 0) is 4.74 Å². The van der Waals surface area contributed by atoms with E-state index in [1.807, 2.05) is 19.9 Å². The van der Waals surface area contributed by atoms with Gasteiger partial charge in [-0.3, -0.25) is 0 Å². The molecule has 0 bridgehead atoms. The van der Waals surface area contributed by atoms with E-state index in [-0.39, 0.29) is 12.0 Å². The van der Waals surface area contributed by atoms with Gasteiger partial charge in [0.25, 0.3) is 0 Å². The number of carbonyl (C=O) groups is 1. The van der Waals surface area contributed by atoms with Crippen molar-refractivity contribution in [3.63, 3.8) is 0 Å². The minimum absolute atomic E-state index is 0.190. The predicted octanol–water partition coefficient (Wildman–Crippen LogP) is 3.01. The van der Waals surface area contributed by atoms with E-state index in [9.17, 15) is 4.79 Å². The molecule has 82 valence electrons. The van der Waals surface area contributed by atoms with Gasteiger partial charge in [-0.25, -0.2) is 4.79 Å². The summed E-state index contributed by atoms with van der Waals surface area (Å²) in [5, 5.41) is 8.49. The second kappa shape index (κ2) is 7.74. The van der Waals surface area contributed by atoms with Crippen molar-refractivity contribution < 1.29 is 14.6 Å². The van der Waals surface area contributed by atoms with Crippen LogP contribution >= 0.6 is 11.8 Å². The highest BCUT2D eigenvalue weighted by Crippen LogP contribution is 2.14. The van der Waals surface area contributed by atoms with Crippen LogP contribution in [0.4, 0.5) is 4.79 Å². The van der Waals surface area contributed by atoms with E-state index in [0.29, 0.717) is 0 Å². The van der Waals surface area contributed by atoms with Gasteiger partial charge in [0.15, 0.2) is 0 Å². The zero-order valence-electron chi connectivity index (χ0n) is 8.73. The van der Waals surface area contributed by atoms with Gasteiger partial charge in [-0.15, -0.1) is 6.58 Å². The molecule has 0 aliphatic carbocycles. The third kappa shape index (κ3) is 6.83. The van der Waals surface area contributed by atoms with E-state index in [1.54, 1.807) is 11.8 Å². The number of carboxylic acid groups (broad SMARTS) is 1. The SMILES string of the molecule is C=CCSCCC(OC(=O)O)C(C)C. The molecule has 14 heavy (non-hydrogen) atoms. The van der Waals surface area contributed by atoms with Crippen molar-refractivity contribution in [3.8, 4) is 0 Å². The molecular formula is C10H18O3S. The Morgan fingerprint density at radius 3 is 2.71 bits per heavy atom. The van der Waals surface area contributed by atoms with Crippen LogP contribution in [0.2, 0.25) is 0 Å². The van der Waals surface area contributed by atoms with Gasteiger partial charge in [0.05, 0.1) is 0 Å². The Hall–Kier alpha value is -0.640. The van der Waals surface area contributed by atoms with Crippen LogP contribution in [0.1, 0.15) is 20.3 Å². The molecular weight excluding hydrogens is 200 g/mol. The van der Waals surface area contributed by atoms with Crippen LogP contribution in [0, 0.1) is 5.92 Å². The monoisotopic (exact) mass is 218 g/mol. The highest BCUT2D eigenvalue weighted by molar-refractivity contribution is 7.99. The Labute approximate surface area is 89.5 Å². The lowest BCUT2D eigenvalue weighted by atomic mass is 10.1. The molecule has 1 N–H and O–H groups in total. The van der Waals surface area contributed by atoms with Gasteiger partial charge in [0, 0.05) is 5.75 Å². The number of ether oxygens (including phenoxy) is 1. The molecule has 0 rings (SSSR count). The first kappa shape index (κ1) is 13.4. The number of thioether (sulfide) groups is 1. The van der Waals surface area contributed by atoms with Crippen molar-refractivity contribution in [2.45, 2.75) is 26.4 Å². The molecule has 3 nitrogen and oxygen atoms in total. The standard InChI is InChI=1S/C10H18O3S/c1-4-6-14-7-5-9(8(2)3)13-10(11)12/h4,8-9H,1,5-7H2,2-3H3,(H,11,12). The van der Waals surface area contributed by atoms with Gasteiger partial charge >= 0.3 is 6.16 Å². The first-order valence-corrected chi connectivity index (χ1v) is 5.81. The van der Waals surface area contributed by atoms with Gasteiger partial charge in [-0.2, -0.15) is 11.8 Å². The normalized spacial score (nSPS) is 12.5. The second-order valence-corrected chi connectivity index (χ2v) is 4.47. The maximum Gasteiger partial charge on any atom is 0.506 e. The van der Waals surface area contributed by atoms with E-state index in [1.165, 1.54) is 0 Å². The fourth-order valence-electron chi connectivity index (χ4n) is 1.02. The van der Waals surface area contributed by atoms with E-state index in [4.69, 9.17) is 9.84 Å². The Bertz CT molecular complexity index is 180. The van der Waals surface area contributed by atoms with E-state index in [0.717, 1.165) is 17.9 Å². The summed E-state index contributed by atoms with van der Waals surface area (Å²) in [6.07, 6.45) is 1.23. The topological polar surface area (TPSA) is 46.5 Å². The van der Waals surface area contributed by atoms with E-state index >= 15 is 0 Å². The Balaban J connectivity index is 3.73. The minimum atomic E-state index is -1.18. The van der Waals surface area contributed by atoms with E-state index < -0.39 is 6.16 Å². The third-order valence-electron chi connectivity index (χ3n) is 1.78. The van der Waals surface area contributed by atoms with Crippen molar-refractivity contribution >= 4 is 17.9 Å². The second-order valence-electron chi connectivity index (χ2n) is 3.32. The summed E-state index contributed by atoms with van der Waals surface area (Å²) in [6, 6.07) is 0. The lowest BCUT2D eigenvalue weighted by molar-refractivity contribution is 0.0306. The molecule has 0 heterocycles. The third-order valence-corrected chi connectivity index (χ3v) is 2.77. The van der Waals surface area contributed by atoms with Crippen LogP contribution in [-0.4, -0.2) is 28.9 Å². The quantitative estimate of drug-likeness (QED) is 0.405. The minimum Gasteiger partial charge on any atom is -0.450 e. The summed E-state index contributed by atoms with van der Waals surface area (Å²) < 4.78 is 4.77. The largest absolute Gasteiger partial charge is 0.506 e. The Morgan fingerprint density at radius 2 is 2.29 bits per heavy atom. The van der Waals surface area contributed by atoms with Gasteiger partial charge in [0.2, 0.25) is 0 Å². The Kier molecular flexibility index (Phi) is 7.38. The molecule has 1 atom stereocenters. The molecule has 0 aromatic carbocycles. The average Bonchev–Trinajstić information content (AvgIpc) is 2.09. The summed E-state index contributed by atoms with van der Waals surface area (Å²) in [4.78, 5) is 10.4. The number of rotatable bonds is 7. The maximum absolute atomic E-state index is 10.4. The highest BCUT2D eigenvalue weighted by Gasteiger charge is 2.17. The molecule has 0 amide bonds. The predicted molar refractivity (Wildman–Crippen MR) is 59.9 cm³/mol. The first-order valence-electron chi connectivity index (χ1n) is 4.66. The van der Waals surface area contributed by atoms with Crippen molar-refractivity contribution in [1.82, 2.24) is 0 Å². The summed E-state index contributed by atoms with van der Waals surface area (Å²) in [5.74, 6) is 2.04. The Morgan fingerprint density at radius 1 is 1.64 bits per heavy atom. The van der Waals surface area contributed by atoms with Crippen LogP contribution in [0.15, 0.2) is 12.7 Å². The zero-order valence-corrected chi connectivity index (χ0v) is 9.55. The number of hydrogen-bond donors (Lipinski definition) is 1. The van der Waals surface area contributed by atoms with Crippen LogP contribution in [0.5, 0.6) is 0 Å². The molecule has 0 radical (unpaired) electrons. The lowest BCUT2D eigenvalue weighted by Crippen LogP contribution is -2.23. The molecule has 0 aromatic rings. The molecule has 1 unspecified atom stereocenters. The van der Waals surface area contributed by atoms with Gasteiger partial charge in [-0.1, -0.05) is 19.9 Å².